The Kier molecular flexibility index (Phi) is 5.50. The van der Waals surface area contributed by atoms with Crippen LogP contribution in [0.2, 0.25) is 0 Å². The van der Waals surface area contributed by atoms with Gasteiger partial charge in [0.05, 0.1) is 25.2 Å². The minimum absolute atomic E-state index is 0.0264. The monoisotopic (exact) mass is 464 g/mol. The zero-order valence-corrected chi connectivity index (χ0v) is 20.0. The van der Waals surface area contributed by atoms with Crippen molar-refractivity contribution in [3.8, 4) is 17.6 Å². The molecule has 34 heavy (non-hydrogen) atoms. The molecule has 3 N–H and O–H groups in total. The number of esters is 1. The van der Waals surface area contributed by atoms with Gasteiger partial charge < -0.3 is 25.1 Å². The lowest BCUT2D eigenvalue weighted by Gasteiger charge is -2.57. The Morgan fingerprint density at radius 2 is 1.85 bits per heavy atom. The summed E-state index contributed by atoms with van der Waals surface area (Å²) in [6.45, 7) is 3.58. The quantitative estimate of drug-likeness (QED) is 0.616. The van der Waals surface area contributed by atoms with Gasteiger partial charge in [-0.15, -0.1) is 0 Å². The molecule has 1 aromatic carbocycles. The van der Waals surface area contributed by atoms with Gasteiger partial charge in [0.15, 0.2) is 11.5 Å². The average Bonchev–Trinajstić information content (AvgIpc) is 2.78. The predicted molar refractivity (Wildman–Crippen MR) is 124 cm³/mol. The average molecular weight is 465 g/mol. The number of allylic oxidation sites excluding steroid dienone is 2. The normalized spacial score (nSPS) is 31.8. The highest BCUT2D eigenvalue weighted by Crippen LogP contribution is 2.63. The van der Waals surface area contributed by atoms with Gasteiger partial charge in [-0.2, -0.15) is 5.26 Å². The smallest absolute Gasteiger partial charge is 0.338 e. The first-order chi connectivity index (χ1) is 16.3. The van der Waals surface area contributed by atoms with Gasteiger partial charge in [-0.3, -0.25) is 0 Å². The standard InChI is InChI=1S/C27H32N2O5/c1-4-33-26(31)22-14(2)34-25(29)19(13-28)23(22)18-8-20(24(30)21(9-18)32-3)27-10-15-5-16(11-27)7-17(6-15)12-27/h8-9,15-17,23,30H,4-7,10-12,29H2,1-3H3. The molecule has 1 atom stereocenters. The second-order valence-corrected chi connectivity index (χ2v) is 10.4. The van der Waals surface area contributed by atoms with E-state index in [1.54, 1.807) is 19.9 Å². The van der Waals surface area contributed by atoms with Crippen molar-refractivity contribution < 1.29 is 24.1 Å². The molecule has 0 spiro atoms. The lowest BCUT2D eigenvalue weighted by molar-refractivity contribution is -0.139. The first-order valence-corrected chi connectivity index (χ1v) is 12.2. The molecule has 0 saturated heterocycles. The van der Waals surface area contributed by atoms with Gasteiger partial charge >= 0.3 is 5.97 Å². The van der Waals surface area contributed by atoms with Crippen LogP contribution in [-0.4, -0.2) is 24.8 Å². The molecule has 1 unspecified atom stereocenters. The van der Waals surface area contributed by atoms with Crippen LogP contribution in [0.5, 0.6) is 11.5 Å². The van der Waals surface area contributed by atoms with Gasteiger partial charge in [-0.1, -0.05) is 6.07 Å². The molecule has 4 bridgehead atoms. The van der Waals surface area contributed by atoms with Crippen LogP contribution in [-0.2, 0) is 19.7 Å². The Morgan fingerprint density at radius 3 is 2.38 bits per heavy atom. The molecule has 5 aliphatic rings. The molecule has 180 valence electrons. The lowest BCUT2D eigenvalue weighted by atomic mass is 9.48. The fourth-order valence-electron chi connectivity index (χ4n) is 7.48. The fourth-order valence-corrected chi connectivity index (χ4v) is 7.48. The minimum atomic E-state index is -0.764. The molecule has 6 rings (SSSR count). The summed E-state index contributed by atoms with van der Waals surface area (Å²) in [7, 11) is 1.52. The van der Waals surface area contributed by atoms with E-state index in [9.17, 15) is 15.2 Å². The number of hydrogen-bond donors (Lipinski definition) is 2. The Labute approximate surface area is 200 Å². The van der Waals surface area contributed by atoms with Gasteiger partial charge in [-0.25, -0.2) is 4.79 Å². The number of carbonyl (C=O) groups excluding carboxylic acids is 1. The fraction of sp³-hybridized carbons (Fsp3) is 0.556. The highest BCUT2D eigenvalue weighted by atomic mass is 16.5. The van der Waals surface area contributed by atoms with Crippen LogP contribution >= 0.6 is 0 Å². The van der Waals surface area contributed by atoms with E-state index in [0.717, 1.165) is 24.8 Å². The molecular weight excluding hydrogens is 432 g/mol. The predicted octanol–water partition coefficient (Wildman–Crippen LogP) is 4.51. The first kappa shape index (κ1) is 22.6. The van der Waals surface area contributed by atoms with Crippen molar-refractivity contribution in [2.24, 2.45) is 23.5 Å². The third kappa shape index (κ3) is 3.43. The molecule has 7 nitrogen and oxygen atoms in total. The molecule has 7 heteroatoms. The van der Waals surface area contributed by atoms with Gasteiger partial charge in [0, 0.05) is 5.56 Å². The van der Waals surface area contributed by atoms with Crippen LogP contribution in [0.4, 0.5) is 0 Å². The number of rotatable bonds is 5. The van der Waals surface area contributed by atoms with Crippen LogP contribution in [0, 0.1) is 29.1 Å². The van der Waals surface area contributed by atoms with Crippen molar-refractivity contribution in [1.29, 1.82) is 5.26 Å². The molecule has 0 amide bonds. The number of nitrogens with zero attached hydrogens (tertiary/aromatic N) is 1. The Bertz CT molecular complexity index is 1110. The van der Waals surface area contributed by atoms with Crippen molar-refractivity contribution in [3.63, 3.8) is 0 Å². The number of methoxy groups -OCH3 is 1. The number of ether oxygens (including phenoxy) is 3. The van der Waals surface area contributed by atoms with Crippen LogP contribution in [0.3, 0.4) is 0 Å². The molecule has 0 radical (unpaired) electrons. The number of carbonyl (C=O) groups is 1. The van der Waals surface area contributed by atoms with E-state index in [0.29, 0.717) is 34.8 Å². The largest absolute Gasteiger partial charge is 0.504 e. The number of phenolic OH excluding ortho intramolecular Hbond substituents is 1. The molecule has 1 heterocycles. The van der Waals surface area contributed by atoms with E-state index >= 15 is 0 Å². The maximum Gasteiger partial charge on any atom is 0.338 e. The van der Waals surface area contributed by atoms with E-state index in [1.165, 1.54) is 26.4 Å². The summed E-state index contributed by atoms with van der Waals surface area (Å²) in [6.07, 6.45) is 7.00. The number of aromatic hydroxyl groups is 1. The van der Waals surface area contributed by atoms with Gasteiger partial charge in [0.25, 0.3) is 0 Å². The summed E-state index contributed by atoms with van der Waals surface area (Å²) >= 11 is 0. The molecule has 4 saturated carbocycles. The number of hydrogen-bond acceptors (Lipinski definition) is 7. The summed E-state index contributed by atoms with van der Waals surface area (Å²) in [5.41, 5.74) is 7.92. The van der Waals surface area contributed by atoms with Crippen molar-refractivity contribution in [2.45, 2.75) is 63.7 Å². The maximum atomic E-state index is 13.0. The number of nitrogens with two attached hydrogens (primary N) is 1. The van der Waals surface area contributed by atoms with E-state index in [4.69, 9.17) is 19.9 Å². The Morgan fingerprint density at radius 1 is 1.24 bits per heavy atom. The minimum Gasteiger partial charge on any atom is -0.504 e. The number of benzene rings is 1. The second kappa shape index (κ2) is 8.26. The molecule has 1 aromatic rings. The van der Waals surface area contributed by atoms with Crippen molar-refractivity contribution in [2.75, 3.05) is 13.7 Å². The SMILES string of the molecule is CCOC(=O)C1=C(C)OC(N)=C(C#N)C1c1cc(OC)c(O)c(C23CC4CC(CC(C4)C2)C3)c1. The summed E-state index contributed by atoms with van der Waals surface area (Å²) in [5, 5.41) is 21.3. The van der Waals surface area contributed by atoms with E-state index < -0.39 is 11.9 Å². The summed E-state index contributed by atoms with van der Waals surface area (Å²) in [4.78, 5) is 13.0. The zero-order chi connectivity index (χ0) is 24.2. The van der Waals surface area contributed by atoms with Crippen LogP contribution in [0.15, 0.2) is 34.9 Å². The van der Waals surface area contributed by atoms with Gasteiger partial charge in [-0.05, 0) is 87.2 Å². The topological polar surface area (TPSA) is 115 Å². The first-order valence-electron chi connectivity index (χ1n) is 12.2. The van der Waals surface area contributed by atoms with E-state index in [2.05, 4.69) is 6.07 Å². The van der Waals surface area contributed by atoms with Crippen molar-refractivity contribution in [1.82, 2.24) is 0 Å². The molecule has 4 aliphatic carbocycles. The Hall–Kier alpha value is -3.14. The van der Waals surface area contributed by atoms with E-state index in [1.807, 2.05) is 6.07 Å². The summed E-state index contributed by atoms with van der Waals surface area (Å²) in [5.74, 6) is 1.53. The van der Waals surface area contributed by atoms with Crippen LogP contribution in [0.1, 0.15) is 69.4 Å². The highest BCUT2D eigenvalue weighted by Gasteiger charge is 2.53. The van der Waals surface area contributed by atoms with Crippen molar-refractivity contribution in [3.05, 3.63) is 46.0 Å². The molecule has 1 aliphatic heterocycles. The molecular formula is C27H32N2O5. The van der Waals surface area contributed by atoms with E-state index in [-0.39, 0.29) is 34.8 Å². The van der Waals surface area contributed by atoms with Gasteiger partial charge in [0.1, 0.15) is 17.4 Å². The van der Waals surface area contributed by atoms with Crippen molar-refractivity contribution >= 4 is 5.97 Å². The summed E-state index contributed by atoms with van der Waals surface area (Å²) in [6, 6.07) is 5.81. The maximum absolute atomic E-state index is 13.0. The van der Waals surface area contributed by atoms with Crippen LogP contribution in [0.25, 0.3) is 0 Å². The van der Waals surface area contributed by atoms with Crippen LogP contribution < -0.4 is 10.5 Å². The summed E-state index contributed by atoms with van der Waals surface area (Å²) < 4.78 is 16.5. The second-order valence-electron chi connectivity index (χ2n) is 10.4. The molecule has 4 fully saturated rings. The Balaban J connectivity index is 1.68. The third-order valence-corrected chi connectivity index (χ3v) is 8.36. The zero-order valence-electron chi connectivity index (χ0n) is 20.0. The lowest BCUT2D eigenvalue weighted by Crippen LogP contribution is -2.48. The molecule has 0 aromatic heterocycles. The number of nitriles is 1. The number of phenols is 1. The van der Waals surface area contributed by atoms with Gasteiger partial charge in [0.2, 0.25) is 5.88 Å². The highest BCUT2D eigenvalue weighted by molar-refractivity contribution is 5.92. The third-order valence-electron chi connectivity index (χ3n) is 8.36.